The second-order valence-electron chi connectivity index (χ2n) is 6.62. The first-order valence-corrected chi connectivity index (χ1v) is 8.30. The second kappa shape index (κ2) is 11.0. The molecule has 1 saturated heterocycles. The molecule has 1 aliphatic heterocycles. The molecule has 0 saturated carbocycles. The zero-order valence-electron chi connectivity index (χ0n) is 15.3. The van der Waals surface area contributed by atoms with E-state index in [1.165, 1.54) is 16.7 Å². The van der Waals surface area contributed by atoms with Gasteiger partial charge in [-0.15, -0.1) is 31.4 Å². The molecule has 3 nitrogen and oxygen atoms in total. The van der Waals surface area contributed by atoms with Gasteiger partial charge in [0, 0.05) is 37.8 Å². The third-order valence-corrected chi connectivity index (χ3v) is 4.41. The van der Waals surface area contributed by atoms with Gasteiger partial charge < -0.3 is 10.1 Å². The molecule has 0 spiro atoms. The Morgan fingerprint density at radius 1 is 1.25 bits per heavy atom. The van der Waals surface area contributed by atoms with Crippen molar-refractivity contribution in [2.75, 3.05) is 33.3 Å². The Hall–Kier alpha value is -0.740. The van der Waals surface area contributed by atoms with Gasteiger partial charge in [-0.3, -0.25) is 4.90 Å². The Balaban J connectivity index is 0.00000264. The monoisotopic (exact) mass is 374 g/mol. The van der Waals surface area contributed by atoms with Crippen LogP contribution in [0.3, 0.4) is 0 Å². The van der Waals surface area contributed by atoms with Gasteiger partial charge in [-0.25, -0.2) is 0 Å². The lowest BCUT2D eigenvalue weighted by atomic mass is 9.92. The minimum atomic E-state index is 0. The van der Waals surface area contributed by atoms with Crippen molar-refractivity contribution in [2.45, 2.75) is 39.2 Å². The van der Waals surface area contributed by atoms with Crippen LogP contribution in [0.15, 0.2) is 30.4 Å². The van der Waals surface area contributed by atoms with Gasteiger partial charge in [0.2, 0.25) is 0 Å². The van der Waals surface area contributed by atoms with Crippen molar-refractivity contribution in [3.05, 3.63) is 41.5 Å². The fraction of sp³-hybridized carbons (Fsp3) is 0.579. The summed E-state index contributed by atoms with van der Waals surface area (Å²) in [5.74, 6) is 1.52. The Labute approximate surface area is 159 Å². The van der Waals surface area contributed by atoms with Crippen LogP contribution in [0.2, 0.25) is 0 Å². The van der Waals surface area contributed by atoms with Crippen LogP contribution in [0, 0.1) is 0 Å². The summed E-state index contributed by atoms with van der Waals surface area (Å²) in [5.41, 5.74) is 3.90. The van der Waals surface area contributed by atoms with E-state index in [2.05, 4.69) is 55.8 Å². The highest BCUT2D eigenvalue weighted by Gasteiger charge is 2.25. The minimum Gasteiger partial charge on any atom is -0.496 e. The molecule has 2 rings (SSSR count). The molecule has 24 heavy (non-hydrogen) atoms. The first-order chi connectivity index (χ1) is 10.5. The van der Waals surface area contributed by atoms with Crippen LogP contribution in [-0.2, 0) is 0 Å². The lowest BCUT2D eigenvalue weighted by Crippen LogP contribution is -2.45. The summed E-state index contributed by atoms with van der Waals surface area (Å²) in [6.45, 7) is 15.0. The van der Waals surface area contributed by atoms with Crippen molar-refractivity contribution in [1.82, 2.24) is 10.2 Å². The number of nitrogens with one attached hydrogen (secondary N) is 1. The fourth-order valence-corrected chi connectivity index (χ4v) is 3.13. The van der Waals surface area contributed by atoms with Crippen molar-refractivity contribution < 1.29 is 4.74 Å². The lowest BCUT2D eigenvalue weighted by molar-refractivity contribution is 0.169. The maximum Gasteiger partial charge on any atom is 0.123 e. The number of hydrogen-bond acceptors (Lipinski definition) is 3. The quantitative estimate of drug-likeness (QED) is 0.737. The van der Waals surface area contributed by atoms with Crippen molar-refractivity contribution >= 4 is 24.8 Å². The summed E-state index contributed by atoms with van der Waals surface area (Å²) in [6.07, 6.45) is 0.984. The molecule has 1 aromatic rings. The smallest absolute Gasteiger partial charge is 0.123 e. The molecule has 138 valence electrons. The summed E-state index contributed by atoms with van der Waals surface area (Å²) in [5, 5.41) is 3.44. The third kappa shape index (κ3) is 5.96. The molecule has 0 bridgehead atoms. The first kappa shape index (κ1) is 23.3. The van der Waals surface area contributed by atoms with Gasteiger partial charge in [0.15, 0.2) is 0 Å². The largest absolute Gasteiger partial charge is 0.496 e. The molecule has 1 heterocycles. The topological polar surface area (TPSA) is 24.5 Å². The van der Waals surface area contributed by atoms with Crippen LogP contribution in [0.4, 0.5) is 0 Å². The molecule has 0 unspecified atom stereocenters. The number of nitrogens with zero attached hydrogens (tertiary/aromatic N) is 1. The van der Waals surface area contributed by atoms with Crippen LogP contribution in [0.5, 0.6) is 5.75 Å². The molecule has 1 aliphatic rings. The molecule has 5 heteroatoms. The minimum absolute atomic E-state index is 0. The Morgan fingerprint density at radius 3 is 2.38 bits per heavy atom. The number of methoxy groups -OCH3 is 1. The number of halogens is 2. The summed E-state index contributed by atoms with van der Waals surface area (Å²) in [7, 11) is 1.77. The maximum atomic E-state index is 5.66. The number of rotatable bonds is 6. The van der Waals surface area contributed by atoms with Gasteiger partial charge in [0.25, 0.3) is 0 Å². The fourth-order valence-electron chi connectivity index (χ4n) is 3.13. The second-order valence-corrected chi connectivity index (χ2v) is 6.62. The van der Waals surface area contributed by atoms with E-state index in [-0.39, 0.29) is 24.8 Å². The molecule has 1 atom stereocenters. The van der Waals surface area contributed by atoms with Crippen LogP contribution in [0.25, 0.3) is 0 Å². The van der Waals surface area contributed by atoms with E-state index in [4.69, 9.17) is 4.74 Å². The molecule has 0 radical (unpaired) electrons. The van der Waals surface area contributed by atoms with E-state index in [9.17, 15) is 0 Å². The van der Waals surface area contributed by atoms with E-state index in [0.717, 1.165) is 38.3 Å². The van der Waals surface area contributed by atoms with E-state index >= 15 is 0 Å². The molecular weight excluding hydrogens is 343 g/mol. The molecule has 0 aromatic heterocycles. The summed E-state index contributed by atoms with van der Waals surface area (Å²) in [6, 6.07) is 6.99. The van der Waals surface area contributed by atoms with E-state index in [0.29, 0.717) is 12.0 Å². The van der Waals surface area contributed by atoms with Crippen LogP contribution >= 0.6 is 24.8 Å². The molecule has 1 fully saturated rings. The van der Waals surface area contributed by atoms with Crippen molar-refractivity contribution in [3.8, 4) is 5.75 Å². The van der Waals surface area contributed by atoms with Gasteiger partial charge in [-0.05, 0) is 30.9 Å². The van der Waals surface area contributed by atoms with Gasteiger partial charge in [-0.2, -0.15) is 0 Å². The SMILES string of the molecule is C=C(C)C[C@H](c1cc(C(C)C)ccc1OC)N1CCNCC1.Cl.Cl. The zero-order chi connectivity index (χ0) is 16.1. The highest BCUT2D eigenvalue weighted by molar-refractivity contribution is 5.85. The zero-order valence-corrected chi connectivity index (χ0v) is 16.9. The van der Waals surface area contributed by atoms with Crippen molar-refractivity contribution in [2.24, 2.45) is 0 Å². The van der Waals surface area contributed by atoms with E-state index in [1.54, 1.807) is 7.11 Å². The average Bonchev–Trinajstić information content (AvgIpc) is 2.52. The van der Waals surface area contributed by atoms with Gasteiger partial charge >= 0.3 is 0 Å². The lowest BCUT2D eigenvalue weighted by Gasteiger charge is -2.36. The standard InChI is InChI=1S/C19H30N2O.2ClH/c1-14(2)12-18(21-10-8-20-9-11-21)17-13-16(15(3)4)6-7-19(17)22-5;;/h6-7,13,15,18,20H,1,8-12H2,2-5H3;2*1H/t18-;;/m1../s1. The molecule has 0 aliphatic carbocycles. The van der Waals surface area contributed by atoms with Crippen LogP contribution in [0.1, 0.15) is 50.3 Å². The number of ether oxygens (including phenoxy) is 1. The highest BCUT2D eigenvalue weighted by atomic mass is 35.5. The Morgan fingerprint density at radius 2 is 1.88 bits per heavy atom. The highest BCUT2D eigenvalue weighted by Crippen LogP contribution is 2.35. The van der Waals surface area contributed by atoms with Gasteiger partial charge in [0.1, 0.15) is 5.75 Å². The summed E-state index contributed by atoms with van der Waals surface area (Å²) >= 11 is 0. The summed E-state index contributed by atoms with van der Waals surface area (Å²) in [4.78, 5) is 2.56. The van der Waals surface area contributed by atoms with E-state index < -0.39 is 0 Å². The molecular formula is C19H32Cl2N2O. The Bertz CT molecular complexity index is 514. The summed E-state index contributed by atoms with van der Waals surface area (Å²) < 4.78 is 5.66. The van der Waals surface area contributed by atoms with Crippen molar-refractivity contribution in [1.29, 1.82) is 0 Å². The molecule has 1 N–H and O–H groups in total. The maximum absolute atomic E-state index is 5.66. The number of benzene rings is 1. The van der Waals surface area contributed by atoms with Crippen LogP contribution in [-0.4, -0.2) is 38.2 Å². The average molecular weight is 375 g/mol. The third-order valence-electron chi connectivity index (χ3n) is 4.41. The Kier molecular flexibility index (Phi) is 10.6. The van der Waals surface area contributed by atoms with Crippen molar-refractivity contribution in [3.63, 3.8) is 0 Å². The van der Waals surface area contributed by atoms with Gasteiger partial charge in [-0.1, -0.05) is 31.6 Å². The van der Waals surface area contributed by atoms with Gasteiger partial charge in [0.05, 0.1) is 7.11 Å². The first-order valence-electron chi connectivity index (χ1n) is 8.30. The normalized spacial score (nSPS) is 16.0. The van der Waals surface area contributed by atoms with E-state index in [1.807, 2.05) is 0 Å². The molecule has 0 amide bonds. The predicted molar refractivity (Wildman–Crippen MR) is 108 cm³/mol. The number of hydrogen-bond donors (Lipinski definition) is 1. The number of piperazine rings is 1. The molecule has 1 aromatic carbocycles. The van der Waals surface area contributed by atoms with Crippen LogP contribution < -0.4 is 10.1 Å². The predicted octanol–water partition coefficient (Wildman–Crippen LogP) is 4.57.